The van der Waals surface area contributed by atoms with Gasteiger partial charge in [-0.05, 0) is 67.2 Å². The van der Waals surface area contributed by atoms with Crippen LogP contribution in [0.25, 0.3) is 0 Å². The van der Waals surface area contributed by atoms with Crippen LogP contribution in [0.15, 0.2) is 28.6 Å². The zero-order chi connectivity index (χ0) is 20.5. The second kappa shape index (κ2) is 11.0. The molecular formula is C22H41N3O2. The van der Waals surface area contributed by atoms with E-state index in [4.69, 9.17) is 9.47 Å². The fraction of sp³-hybridized carbons (Fsp3) is 0.773. The highest BCUT2D eigenvalue weighted by Gasteiger charge is 2.25. The summed E-state index contributed by atoms with van der Waals surface area (Å²) in [5, 5.41) is 0. The van der Waals surface area contributed by atoms with E-state index in [9.17, 15) is 0 Å². The van der Waals surface area contributed by atoms with Crippen LogP contribution in [0, 0.1) is 0 Å². The molecule has 0 N–H and O–H groups in total. The molecule has 0 atom stereocenters. The zero-order valence-electron chi connectivity index (χ0n) is 18.7. The van der Waals surface area contributed by atoms with Gasteiger partial charge in [-0.3, -0.25) is 4.90 Å². The largest absolute Gasteiger partial charge is 0.478 e. The van der Waals surface area contributed by atoms with Crippen molar-refractivity contribution in [2.75, 3.05) is 45.9 Å². The Morgan fingerprint density at radius 1 is 1.04 bits per heavy atom. The highest BCUT2D eigenvalue weighted by atomic mass is 16.5. The van der Waals surface area contributed by atoms with E-state index in [1.165, 1.54) is 0 Å². The van der Waals surface area contributed by atoms with Crippen LogP contribution in [0.2, 0.25) is 0 Å². The molecule has 1 saturated heterocycles. The van der Waals surface area contributed by atoms with Crippen LogP contribution in [0.3, 0.4) is 0 Å². The monoisotopic (exact) mass is 379 g/mol. The molecule has 0 aliphatic carbocycles. The van der Waals surface area contributed by atoms with E-state index in [2.05, 4.69) is 63.1 Å². The molecule has 1 fully saturated rings. The minimum absolute atomic E-state index is 0.132. The molecule has 0 unspecified atom stereocenters. The highest BCUT2D eigenvalue weighted by molar-refractivity contribution is 5.28. The van der Waals surface area contributed by atoms with Crippen molar-refractivity contribution in [1.29, 1.82) is 0 Å². The van der Waals surface area contributed by atoms with Gasteiger partial charge in [0.05, 0.1) is 18.8 Å². The van der Waals surface area contributed by atoms with Crippen molar-refractivity contribution in [2.45, 2.75) is 66.0 Å². The molecule has 0 aromatic rings. The lowest BCUT2D eigenvalue weighted by Gasteiger charge is -2.42. The van der Waals surface area contributed by atoms with Gasteiger partial charge in [0.15, 0.2) is 0 Å². The number of ether oxygens (including phenoxy) is 2. The minimum atomic E-state index is -0.132. The van der Waals surface area contributed by atoms with Crippen LogP contribution in [0.4, 0.5) is 0 Å². The normalized spacial score (nSPS) is 18.6. The lowest BCUT2D eigenvalue weighted by atomic mass is 10.0. The fourth-order valence-corrected chi connectivity index (χ4v) is 2.85. The lowest BCUT2D eigenvalue weighted by molar-refractivity contribution is 0.0111. The Morgan fingerprint density at radius 3 is 2.19 bits per heavy atom. The average molecular weight is 380 g/mol. The quantitative estimate of drug-likeness (QED) is 0.261. The van der Waals surface area contributed by atoms with Crippen LogP contribution in [0.1, 0.15) is 54.9 Å². The first-order valence-corrected chi connectivity index (χ1v) is 10.1. The third-order valence-electron chi connectivity index (χ3n) is 4.59. The number of rotatable bonds is 9. The first-order chi connectivity index (χ1) is 12.5. The van der Waals surface area contributed by atoms with Crippen molar-refractivity contribution < 1.29 is 9.47 Å². The maximum absolute atomic E-state index is 5.76. The van der Waals surface area contributed by atoms with E-state index in [1.807, 2.05) is 19.1 Å². The number of hydrogen-bond donors (Lipinski definition) is 0. The Morgan fingerprint density at radius 2 is 1.67 bits per heavy atom. The number of aliphatic imine (C=N–C) groups is 1. The molecule has 156 valence electrons. The summed E-state index contributed by atoms with van der Waals surface area (Å²) in [4.78, 5) is 9.05. The number of nitrogens with zero attached hydrogens (tertiary/aromatic N) is 3. The van der Waals surface area contributed by atoms with Crippen LogP contribution in [-0.4, -0.2) is 73.6 Å². The van der Waals surface area contributed by atoms with Crippen molar-refractivity contribution in [3.8, 4) is 0 Å². The third-order valence-corrected chi connectivity index (χ3v) is 4.59. The van der Waals surface area contributed by atoms with Gasteiger partial charge < -0.3 is 14.4 Å². The van der Waals surface area contributed by atoms with Crippen LogP contribution in [-0.2, 0) is 9.47 Å². The molecule has 1 heterocycles. The van der Waals surface area contributed by atoms with Gasteiger partial charge in [-0.2, -0.15) is 0 Å². The molecule has 0 amide bonds. The van der Waals surface area contributed by atoms with Gasteiger partial charge in [0, 0.05) is 44.3 Å². The van der Waals surface area contributed by atoms with Gasteiger partial charge >= 0.3 is 0 Å². The summed E-state index contributed by atoms with van der Waals surface area (Å²) in [5.41, 5.74) is 1.27. The van der Waals surface area contributed by atoms with E-state index in [0.717, 1.165) is 44.7 Å². The first kappa shape index (κ1) is 23.9. The van der Waals surface area contributed by atoms with Gasteiger partial charge in [0.1, 0.15) is 0 Å². The van der Waals surface area contributed by atoms with Crippen molar-refractivity contribution in [3.63, 3.8) is 0 Å². The zero-order valence-corrected chi connectivity index (χ0v) is 18.7. The minimum Gasteiger partial charge on any atom is -0.478 e. The van der Waals surface area contributed by atoms with Gasteiger partial charge in [-0.25, -0.2) is 4.99 Å². The molecular weight excluding hydrogens is 338 g/mol. The summed E-state index contributed by atoms with van der Waals surface area (Å²) < 4.78 is 11.5. The molecule has 27 heavy (non-hydrogen) atoms. The Hall–Kier alpha value is -1.17. The summed E-state index contributed by atoms with van der Waals surface area (Å²) in [5.74, 6) is 0.572. The Balaban J connectivity index is 2.28. The van der Waals surface area contributed by atoms with Crippen LogP contribution < -0.4 is 0 Å². The lowest BCUT2D eigenvalue weighted by Crippen LogP contribution is -2.53. The maximum Gasteiger partial charge on any atom is 0.212 e. The molecule has 1 rings (SSSR count). The predicted molar refractivity (Wildman–Crippen MR) is 115 cm³/mol. The Bertz CT molecular complexity index is 505. The van der Waals surface area contributed by atoms with E-state index < -0.39 is 0 Å². The van der Waals surface area contributed by atoms with Crippen LogP contribution >= 0.6 is 0 Å². The molecule has 0 spiro atoms. The maximum atomic E-state index is 5.76. The Labute approximate surface area is 167 Å². The smallest absolute Gasteiger partial charge is 0.212 e. The molecule has 5 heteroatoms. The molecule has 5 nitrogen and oxygen atoms in total. The predicted octanol–water partition coefficient (Wildman–Crippen LogP) is 4.11. The second-order valence-corrected chi connectivity index (χ2v) is 9.28. The number of allylic oxidation sites excluding steroid dienone is 2. The van der Waals surface area contributed by atoms with Crippen molar-refractivity contribution in [2.24, 2.45) is 4.99 Å². The highest BCUT2D eigenvalue weighted by Crippen LogP contribution is 2.16. The van der Waals surface area contributed by atoms with Gasteiger partial charge in [0.25, 0.3) is 0 Å². The third kappa shape index (κ3) is 10.7. The fourth-order valence-electron chi connectivity index (χ4n) is 2.85. The van der Waals surface area contributed by atoms with E-state index in [0.29, 0.717) is 19.1 Å². The molecule has 0 radical (unpaired) electrons. The van der Waals surface area contributed by atoms with Gasteiger partial charge in [-0.15, -0.1) is 0 Å². The van der Waals surface area contributed by atoms with Crippen molar-refractivity contribution in [1.82, 2.24) is 9.80 Å². The molecule has 0 bridgehead atoms. The number of hydrogen-bond acceptors (Lipinski definition) is 5. The standard InChI is InChI=1S/C22H41N3O2/c1-19(18-27-22(5,6)7)10-11-20(23-8)26-17-9-12-24-13-15-25(16-14-24)21(2,3)4/h10-11H,8-9,12-18H2,1-7H3/b19-10+,20-11+. The summed E-state index contributed by atoms with van der Waals surface area (Å²) in [7, 11) is 0. The molecule has 0 aromatic heterocycles. The van der Waals surface area contributed by atoms with E-state index in [1.54, 1.807) is 0 Å². The van der Waals surface area contributed by atoms with Gasteiger partial charge in [0.2, 0.25) is 5.88 Å². The SMILES string of the molecule is C=N/C(=C\C=C(/C)COC(C)(C)C)OCCCN1CCN(C(C)(C)C)CC1. The summed E-state index contributed by atoms with van der Waals surface area (Å²) >= 11 is 0. The second-order valence-electron chi connectivity index (χ2n) is 9.28. The van der Waals surface area contributed by atoms with Gasteiger partial charge in [-0.1, -0.05) is 6.08 Å². The molecule has 1 aliphatic heterocycles. The summed E-state index contributed by atoms with van der Waals surface area (Å²) in [6.07, 6.45) is 4.86. The van der Waals surface area contributed by atoms with E-state index in [-0.39, 0.29) is 11.1 Å². The summed E-state index contributed by atoms with van der Waals surface area (Å²) in [6.45, 7) is 25.6. The molecule has 0 aromatic carbocycles. The molecule has 0 saturated carbocycles. The van der Waals surface area contributed by atoms with Crippen molar-refractivity contribution in [3.05, 3.63) is 23.6 Å². The average Bonchev–Trinajstić information content (AvgIpc) is 2.58. The Kier molecular flexibility index (Phi) is 9.71. The summed E-state index contributed by atoms with van der Waals surface area (Å²) in [6, 6.07) is 0. The molecule has 1 aliphatic rings. The number of piperazine rings is 1. The van der Waals surface area contributed by atoms with Crippen LogP contribution in [0.5, 0.6) is 0 Å². The first-order valence-electron chi connectivity index (χ1n) is 10.1. The van der Waals surface area contributed by atoms with E-state index >= 15 is 0 Å². The van der Waals surface area contributed by atoms with Crippen molar-refractivity contribution >= 4 is 6.72 Å². The topological polar surface area (TPSA) is 37.3 Å².